The quantitative estimate of drug-likeness (QED) is 0.413. The van der Waals surface area contributed by atoms with E-state index in [1.54, 1.807) is 11.3 Å². The first kappa shape index (κ1) is 18.1. The number of thiazole rings is 1. The second kappa shape index (κ2) is 8.15. The first-order valence-corrected chi connectivity index (χ1v) is 10.8. The fraction of sp³-hybridized carbons (Fsp3) is 0.286. The van der Waals surface area contributed by atoms with Crippen molar-refractivity contribution in [1.29, 1.82) is 0 Å². The number of aromatic nitrogens is 1. The fourth-order valence-electron chi connectivity index (χ4n) is 3.22. The summed E-state index contributed by atoms with van der Waals surface area (Å²) in [4.78, 5) is 28.8. The lowest BCUT2D eigenvalue weighted by atomic mass is 10.0. The van der Waals surface area contributed by atoms with Crippen LogP contribution in [0, 0.1) is 0 Å². The first-order chi connectivity index (χ1) is 13.2. The summed E-state index contributed by atoms with van der Waals surface area (Å²) in [6.45, 7) is 0.145. The Balaban J connectivity index is 1.25. The van der Waals surface area contributed by atoms with Crippen LogP contribution in [0.3, 0.4) is 0 Å². The van der Waals surface area contributed by atoms with Gasteiger partial charge in [0.05, 0.1) is 12.1 Å². The van der Waals surface area contributed by atoms with Crippen molar-refractivity contribution in [2.45, 2.75) is 38.7 Å². The number of hydrogen-bond acceptors (Lipinski definition) is 6. The highest BCUT2D eigenvalue weighted by Gasteiger charge is 2.15. The Hall–Kier alpha value is -2.31. The number of carbonyl (C=O) groups excluding carboxylic acids is 2. The van der Waals surface area contributed by atoms with E-state index in [1.807, 2.05) is 40.4 Å². The van der Waals surface area contributed by atoms with Gasteiger partial charge in [-0.15, -0.1) is 11.3 Å². The second-order valence-corrected chi connectivity index (χ2v) is 8.22. The van der Waals surface area contributed by atoms with Crippen LogP contribution in [0.5, 0.6) is 0 Å². The van der Waals surface area contributed by atoms with E-state index >= 15 is 0 Å². The Kier molecular flexibility index (Phi) is 5.45. The maximum absolute atomic E-state index is 12.3. The van der Waals surface area contributed by atoms with Crippen molar-refractivity contribution in [2.75, 3.05) is 0 Å². The van der Waals surface area contributed by atoms with Crippen LogP contribution >= 0.6 is 22.7 Å². The van der Waals surface area contributed by atoms with E-state index in [0.717, 1.165) is 35.5 Å². The van der Waals surface area contributed by atoms with Crippen LogP contribution in [0.2, 0.25) is 0 Å². The van der Waals surface area contributed by atoms with Crippen LogP contribution in [0.1, 0.15) is 46.4 Å². The van der Waals surface area contributed by atoms with E-state index in [-0.39, 0.29) is 31.2 Å². The van der Waals surface area contributed by atoms with E-state index in [1.165, 1.54) is 22.5 Å². The maximum Gasteiger partial charge on any atom is 0.306 e. The van der Waals surface area contributed by atoms with Crippen LogP contribution in [0.25, 0.3) is 10.6 Å². The smallest absolute Gasteiger partial charge is 0.306 e. The maximum atomic E-state index is 12.3. The molecule has 3 aromatic rings. The van der Waals surface area contributed by atoms with Crippen molar-refractivity contribution in [3.05, 3.63) is 62.8 Å². The Bertz CT molecular complexity index is 960. The summed E-state index contributed by atoms with van der Waals surface area (Å²) in [7, 11) is 0. The first-order valence-electron chi connectivity index (χ1n) is 8.96. The molecule has 0 bridgehead atoms. The number of thiophene rings is 1. The number of ether oxygens (including phenoxy) is 1. The number of rotatable bonds is 7. The molecule has 0 saturated heterocycles. The molecule has 27 heavy (non-hydrogen) atoms. The topological polar surface area (TPSA) is 56.3 Å². The number of ketones is 1. The molecule has 0 unspecified atom stereocenters. The molecule has 0 amide bonds. The zero-order valence-corrected chi connectivity index (χ0v) is 16.4. The van der Waals surface area contributed by atoms with E-state index in [2.05, 4.69) is 4.98 Å². The summed E-state index contributed by atoms with van der Waals surface area (Å²) < 4.78 is 5.27. The molecule has 0 fully saturated rings. The highest BCUT2D eigenvalue weighted by atomic mass is 32.1. The van der Waals surface area contributed by atoms with Crippen LogP contribution in [-0.4, -0.2) is 16.7 Å². The van der Waals surface area contributed by atoms with Gasteiger partial charge in [-0.25, -0.2) is 4.98 Å². The summed E-state index contributed by atoms with van der Waals surface area (Å²) >= 11 is 3.16. The van der Waals surface area contributed by atoms with Crippen molar-refractivity contribution in [3.63, 3.8) is 0 Å². The number of carbonyl (C=O) groups is 2. The Morgan fingerprint density at radius 3 is 2.81 bits per heavy atom. The Morgan fingerprint density at radius 2 is 1.96 bits per heavy atom. The normalized spacial score (nSPS) is 12.7. The molecule has 0 saturated carbocycles. The monoisotopic (exact) mass is 397 g/mol. The Labute approximate surface area is 165 Å². The van der Waals surface area contributed by atoms with E-state index in [0.29, 0.717) is 5.56 Å². The molecule has 2 heterocycles. The predicted octanol–water partition coefficient (Wildman–Crippen LogP) is 5.07. The van der Waals surface area contributed by atoms with Crippen molar-refractivity contribution in [3.8, 4) is 10.6 Å². The van der Waals surface area contributed by atoms with E-state index < -0.39 is 0 Å². The fourth-order valence-corrected chi connectivity index (χ4v) is 4.74. The minimum atomic E-state index is -0.366. The molecule has 0 aliphatic heterocycles. The van der Waals surface area contributed by atoms with Crippen molar-refractivity contribution in [2.24, 2.45) is 0 Å². The van der Waals surface area contributed by atoms with Gasteiger partial charge in [0.1, 0.15) is 11.6 Å². The van der Waals surface area contributed by atoms with Gasteiger partial charge >= 0.3 is 5.97 Å². The van der Waals surface area contributed by atoms with Gasteiger partial charge in [-0.3, -0.25) is 9.59 Å². The molecule has 0 radical (unpaired) electrons. The molecular formula is C21H19NO3S2. The number of hydrogen-bond donors (Lipinski definition) is 0. The summed E-state index contributed by atoms with van der Waals surface area (Å²) in [6, 6.07) is 7.92. The summed E-state index contributed by atoms with van der Waals surface area (Å²) in [5, 5.41) is 6.87. The molecule has 0 N–H and O–H groups in total. The molecule has 4 nitrogen and oxygen atoms in total. The van der Waals surface area contributed by atoms with Crippen molar-refractivity contribution >= 4 is 34.4 Å². The molecule has 1 aromatic carbocycles. The SMILES string of the molecule is O=C(CCC(=O)c1ccc2c(c1)CCC2)OCc1csc(-c2ccsc2)n1. The number of fused-ring (bicyclic) bond motifs is 1. The lowest BCUT2D eigenvalue weighted by Crippen LogP contribution is -2.08. The number of Topliss-reactive ketones (excluding diaryl/α,β-unsaturated/α-hetero) is 1. The average molecular weight is 398 g/mol. The van der Waals surface area contributed by atoms with Gasteiger partial charge in [-0.2, -0.15) is 11.3 Å². The lowest BCUT2D eigenvalue weighted by Gasteiger charge is -2.05. The van der Waals surface area contributed by atoms with Gasteiger partial charge in [0.2, 0.25) is 0 Å². The average Bonchev–Trinajstić information content (AvgIpc) is 3.44. The number of aryl methyl sites for hydroxylation is 2. The van der Waals surface area contributed by atoms with Crippen molar-refractivity contribution < 1.29 is 14.3 Å². The van der Waals surface area contributed by atoms with Crippen LogP contribution < -0.4 is 0 Å². The van der Waals surface area contributed by atoms with E-state index in [9.17, 15) is 9.59 Å². The molecule has 138 valence electrons. The highest BCUT2D eigenvalue weighted by molar-refractivity contribution is 7.14. The Morgan fingerprint density at radius 1 is 1.07 bits per heavy atom. The third-order valence-corrected chi connectivity index (χ3v) is 6.30. The largest absolute Gasteiger partial charge is 0.459 e. The summed E-state index contributed by atoms with van der Waals surface area (Å²) in [6.07, 6.45) is 3.57. The molecule has 0 spiro atoms. The molecule has 1 aliphatic rings. The van der Waals surface area contributed by atoms with Gasteiger partial charge in [-0.1, -0.05) is 12.1 Å². The zero-order valence-electron chi connectivity index (χ0n) is 14.8. The van der Waals surface area contributed by atoms with Gasteiger partial charge in [-0.05, 0) is 47.9 Å². The summed E-state index contributed by atoms with van der Waals surface area (Å²) in [5.41, 5.74) is 5.13. The minimum Gasteiger partial charge on any atom is -0.459 e. The summed E-state index contributed by atoms with van der Waals surface area (Å²) in [5.74, 6) is -0.371. The third kappa shape index (κ3) is 4.34. The minimum absolute atomic E-state index is 0.00458. The molecular weight excluding hydrogens is 378 g/mol. The van der Waals surface area contributed by atoms with Gasteiger partial charge in [0, 0.05) is 28.3 Å². The van der Waals surface area contributed by atoms with Gasteiger partial charge < -0.3 is 4.74 Å². The van der Waals surface area contributed by atoms with Crippen LogP contribution in [0.15, 0.2) is 40.4 Å². The van der Waals surface area contributed by atoms with Crippen molar-refractivity contribution in [1.82, 2.24) is 4.98 Å². The van der Waals surface area contributed by atoms with Crippen LogP contribution in [-0.2, 0) is 29.0 Å². The molecule has 1 aliphatic carbocycles. The highest BCUT2D eigenvalue weighted by Crippen LogP contribution is 2.26. The number of esters is 1. The van der Waals surface area contributed by atoms with Gasteiger partial charge in [0.15, 0.2) is 5.78 Å². The standard InChI is InChI=1S/C21H19NO3S2/c23-19(16-5-4-14-2-1-3-15(14)10-16)6-7-20(24)25-11-18-13-27-21(22-18)17-8-9-26-12-17/h4-5,8-10,12-13H,1-3,6-7,11H2. The second-order valence-electron chi connectivity index (χ2n) is 6.58. The molecule has 4 rings (SSSR count). The van der Waals surface area contributed by atoms with Gasteiger partial charge in [0.25, 0.3) is 0 Å². The lowest BCUT2D eigenvalue weighted by molar-refractivity contribution is -0.145. The molecule has 6 heteroatoms. The molecule has 2 aromatic heterocycles. The molecule has 0 atom stereocenters. The number of nitrogens with zero attached hydrogens (tertiary/aromatic N) is 1. The number of benzene rings is 1. The van der Waals surface area contributed by atoms with E-state index in [4.69, 9.17) is 4.74 Å². The zero-order chi connectivity index (χ0) is 18.6. The third-order valence-electron chi connectivity index (χ3n) is 4.68. The predicted molar refractivity (Wildman–Crippen MR) is 107 cm³/mol. The van der Waals surface area contributed by atoms with Crippen LogP contribution in [0.4, 0.5) is 0 Å².